The zero-order valence-corrected chi connectivity index (χ0v) is 14.3. The standard InChI is InChI=1S/C18H21FN4O2/c1-11-5-6-14(19)8-15(11)18(25)23-7-3-4-13(10-23)17-16(9-20-22-17)21-12(2)24/h5-6,8-9,13H,3-4,7,10H2,1-2H3,(H,20,22)(H,21,24). The van der Waals surface area contributed by atoms with Crippen LogP contribution in [0.2, 0.25) is 0 Å². The van der Waals surface area contributed by atoms with Crippen LogP contribution in [0, 0.1) is 12.7 Å². The summed E-state index contributed by atoms with van der Waals surface area (Å²) >= 11 is 0. The Morgan fingerprint density at radius 1 is 1.40 bits per heavy atom. The fourth-order valence-corrected chi connectivity index (χ4v) is 3.29. The number of nitrogens with zero attached hydrogens (tertiary/aromatic N) is 2. The lowest BCUT2D eigenvalue weighted by Gasteiger charge is -2.33. The maximum absolute atomic E-state index is 13.5. The third-order valence-corrected chi connectivity index (χ3v) is 4.53. The van der Waals surface area contributed by atoms with E-state index in [2.05, 4.69) is 15.5 Å². The smallest absolute Gasteiger partial charge is 0.254 e. The van der Waals surface area contributed by atoms with Crippen LogP contribution in [0.4, 0.5) is 10.1 Å². The number of carbonyl (C=O) groups excluding carboxylic acids is 2. The van der Waals surface area contributed by atoms with Gasteiger partial charge < -0.3 is 10.2 Å². The summed E-state index contributed by atoms with van der Waals surface area (Å²) in [6.07, 6.45) is 3.30. The predicted molar refractivity (Wildman–Crippen MR) is 91.9 cm³/mol. The van der Waals surface area contributed by atoms with Crippen LogP contribution in [0.15, 0.2) is 24.4 Å². The molecule has 0 aliphatic carbocycles. The molecule has 1 aliphatic rings. The number of hydrogen-bond donors (Lipinski definition) is 2. The van der Waals surface area contributed by atoms with Crippen LogP contribution in [0.3, 0.4) is 0 Å². The van der Waals surface area contributed by atoms with E-state index in [4.69, 9.17) is 0 Å². The van der Waals surface area contributed by atoms with Gasteiger partial charge in [-0.05, 0) is 37.5 Å². The minimum Gasteiger partial charge on any atom is -0.338 e. The van der Waals surface area contributed by atoms with Crippen LogP contribution < -0.4 is 5.32 Å². The van der Waals surface area contributed by atoms with E-state index in [1.54, 1.807) is 24.1 Å². The molecule has 2 heterocycles. The molecule has 132 valence electrons. The molecule has 2 amide bonds. The Kier molecular flexibility index (Phi) is 4.83. The summed E-state index contributed by atoms with van der Waals surface area (Å²) in [5.74, 6) is -0.691. The van der Waals surface area contributed by atoms with E-state index in [0.29, 0.717) is 24.3 Å². The van der Waals surface area contributed by atoms with Crippen molar-refractivity contribution in [3.05, 3.63) is 47.0 Å². The highest BCUT2D eigenvalue weighted by Crippen LogP contribution is 2.31. The number of carbonyl (C=O) groups is 2. The highest BCUT2D eigenvalue weighted by molar-refractivity contribution is 5.95. The third kappa shape index (κ3) is 3.70. The van der Waals surface area contributed by atoms with E-state index in [-0.39, 0.29) is 17.7 Å². The molecule has 7 heteroatoms. The van der Waals surface area contributed by atoms with Crippen molar-refractivity contribution >= 4 is 17.5 Å². The van der Waals surface area contributed by atoms with Crippen LogP contribution in [0.1, 0.15) is 47.3 Å². The van der Waals surface area contributed by atoms with Gasteiger partial charge in [-0.3, -0.25) is 14.7 Å². The molecule has 1 aromatic carbocycles. The lowest BCUT2D eigenvalue weighted by molar-refractivity contribution is -0.114. The van der Waals surface area contributed by atoms with E-state index in [1.165, 1.54) is 19.1 Å². The van der Waals surface area contributed by atoms with Gasteiger partial charge in [0.1, 0.15) is 5.82 Å². The van der Waals surface area contributed by atoms with E-state index >= 15 is 0 Å². The van der Waals surface area contributed by atoms with Crippen molar-refractivity contribution in [2.24, 2.45) is 0 Å². The number of nitrogens with one attached hydrogen (secondary N) is 2. The fourth-order valence-electron chi connectivity index (χ4n) is 3.29. The molecule has 1 fully saturated rings. The summed E-state index contributed by atoms with van der Waals surface area (Å²) in [6.45, 7) is 4.39. The van der Waals surface area contributed by atoms with Crippen molar-refractivity contribution in [1.82, 2.24) is 15.1 Å². The molecule has 1 saturated heterocycles. The quantitative estimate of drug-likeness (QED) is 0.899. The molecular weight excluding hydrogens is 323 g/mol. The number of benzene rings is 1. The zero-order valence-electron chi connectivity index (χ0n) is 14.3. The molecule has 2 aromatic rings. The van der Waals surface area contributed by atoms with Gasteiger partial charge in [-0.2, -0.15) is 5.10 Å². The molecular formula is C18H21FN4O2. The van der Waals surface area contributed by atoms with Crippen LogP contribution in [-0.2, 0) is 4.79 Å². The number of aromatic nitrogens is 2. The molecule has 2 N–H and O–H groups in total. The summed E-state index contributed by atoms with van der Waals surface area (Å²) in [6, 6.07) is 4.27. The van der Waals surface area contributed by atoms with E-state index in [9.17, 15) is 14.0 Å². The van der Waals surface area contributed by atoms with E-state index in [1.807, 2.05) is 0 Å². The summed E-state index contributed by atoms with van der Waals surface area (Å²) in [4.78, 5) is 25.9. The van der Waals surface area contributed by atoms with Gasteiger partial charge in [0.25, 0.3) is 5.91 Å². The molecule has 1 aromatic heterocycles. The predicted octanol–water partition coefficient (Wildman–Crippen LogP) is 2.84. The average molecular weight is 344 g/mol. The molecule has 6 nitrogen and oxygen atoms in total. The number of halogens is 1. The minimum absolute atomic E-state index is 0.0518. The number of anilines is 1. The number of aromatic amines is 1. The first-order valence-electron chi connectivity index (χ1n) is 8.32. The summed E-state index contributed by atoms with van der Waals surface area (Å²) in [7, 11) is 0. The second-order valence-electron chi connectivity index (χ2n) is 6.43. The lowest BCUT2D eigenvalue weighted by atomic mass is 9.93. The highest BCUT2D eigenvalue weighted by Gasteiger charge is 2.28. The molecule has 0 saturated carbocycles. The van der Waals surface area contributed by atoms with Crippen molar-refractivity contribution in [2.75, 3.05) is 18.4 Å². The summed E-state index contributed by atoms with van der Waals surface area (Å²) in [5, 5.41) is 9.71. The van der Waals surface area contributed by atoms with E-state index < -0.39 is 5.82 Å². The maximum Gasteiger partial charge on any atom is 0.254 e. The summed E-state index contributed by atoms with van der Waals surface area (Å²) in [5.41, 5.74) is 2.62. The SMILES string of the molecule is CC(=O)Nc1cn[nH]c1C1CCCN(C(=O)c2cc(F)ccc2C)C1. The van der Waals surface area contributed by atoms with Crippen molar-refractivity contribution in [3.8, 4) is 0 Å². The Morgan fingerprint density at radius 2 is 2.20 bits per heavy atom. The Labute approximate surface area is 145 Å². The van der Waals surface area contributed by atoms with Crippen LogP contribution >= 0.6 is 0 Å². The molecule has 1 aliphatic heterocycles. The summed E-state index contributed by atoms with van der Waals surface area (Å²) < 4.78 is 13.5. The number of aryl methyl sites for hydroxylation is 1. The molecule has 0 radical (unpaired) electrons. The maximum atomic E-state index is 13.5. The van der Waals surface area contributed by atoms with Crippen molar-refractivity contribution in [1.29, 1.82) is 0 Å². The van der Waals surface area contributed by atoms with Gasteiger partial charge in [-0.15, -0.1) is 0 Å². The van der Waals surface area contributed by atoms with Crippen molar-refractivity contribution in [2.45, 2.75) is 32.6 Å². The van der Waals surface area contributed by atoms with Gasteiger partial charge in [-0.25, -0.2) is 4.39 Å². The van der Waals surface area contributed by atoms with Crippen LogP contribution in [0.5, 0.6) is 0 Å². The molecule has 1 atom stereocenters. The van der Waals surface area contributed by atoms with Gasteiger partial charge in [-0.1, -0.05) is 6.07 Å². The monoisotopic (exact) mass is 344 g/mol. The van der Waals surface area contributed by atoms with Crippen LogP contribution in [0.25, 0.3) is 0 Å². The number of likely N-dealkylation sites (tertiary alicyclic amines) is 1. The topological polar surface area (TPSA) is 78.1 Å². The first-order chi connectivity index (χ1) is 12.0. The van der Waals surface area contributed by atoms with E-state index in [0.717, 1.165) is 24.1 Å². The molecule has 0 bridgehead atoms. The highest BCUT2D eigenvalue weighted by atomic mass is 19.1. The average Bonchev–Trinajstić information content (AvgIpc) is 3.04. The Hall–Kier alpha value is -2.70. The fraction of sp³-hybridized carbons (Fsp3) is 0.389. The van der Waals surface area contributed by atoms with Gasteiger partial charge in [0.15, 0.2) is 0 Å². The number of amides is 2. The molecule has 1 unspecified atom stereocenters. The number of hydrogen-bond acceptors (Lipinski definition) is 3. The zero-order chi connectivity index (χ0) is 18.0. The Bertz CT molecular complexity index is 802. The minimum atomic E-state index is -0.413. The van der Waals surface area contributed by atoms with Gasteiger partial charge in [0, 0.05) is 31.5 Å². The molecule has 25 heavy (non-hydrogen) atoms. The molecule has 3 rings (SSSR count). The first-order valence-corrected chi connectivity index (χ1v) is 8.32. The number of piperidine rings is 1. The van der Waals surface area contributed by atoms with Crippen LogP contribution in [-0.4, -0.2) is 40.0 Å². The first kappa shape index (κ1) is 17.1. The lowest BCUT2D eigenvalue weighted by Crippen LogP contribution is -2.39. The number of H-pyrrole nitrogens is 1. The second kappa shape index (κ2) is 7.04. The largest absolute Gasteiger partial charge is 0.338 e. The second-order valence-corrected chi connectivity index (χ2v) is 6.43. The Balaban J connectivity index is 1.79. The third-order valence-electron chi connectivity index (χ3n) is 4.53. The van der Waals surface area contributed by atoms with Crippen molar-refractivity contribution < 1.29 is 14.0 Å². The normalized spacial score (nSPS) is 17.4. The number of rotatable bonds is 3. The van der Waals surface area contributed by atoms with Gasteiger partial charge in [0.2, 0.25) is 5.91 Å². The van der Waals surface area contributed by atoms with Gasteiger partial charge >= 0.3 is 0 Å². The Morgan fingerprint density at radius 3 is 2.96 bits per heavy atom. The van der Waals surface area contributed by atoms with Gasteiger partial charge in [0.05, 0.1) is 17.6 Å². The molecule has 0 spiro atoms. The van der Waals surface area contributed by atoms with Crippen molar-refractivity contribution in [3.63, 3.8) is 0 Å².